The highest BCUT2D eigenvalue weighted by Gasteiger charge is 2.16. The molecule has 1 aromatic heterocycles. The summed E-state index contributed by atoms with van der Waals surface area (Å²) in [6, 6.07) is 5.85. The number of piperidine rings is 1. The lowest BCUT2D eigenvalue weighted by atomic mass is 9.96. The van der Waals surface area contributed by atoms with Crippen LogP contribution in [0.1, 0.15) is 19.3 Å². The summed E-state index contributed by atoms with van der Waals surface area (Å²) >= 11 is 1.59. The average molecular weight is 275 g/mol. The molecule has 19 heavy (non-hydrogen) atoms. The predicted molar refractivity (Wildman–Crippen MR) is 78.5 cm³/mol. The van der Waals surface area contributed by atoms with Crippen molar-refractivity contribution in [1.29, 1.82) is 0 Å². The second-order valence-electron chi connectivity index (χ2n) is 5.00. The van der Waals surface area contributed by atoms with Gasteiger partial charge in [0.1, 0.15) is 0 Å². The lowest BCUT2D eigenvalue weighted by Gasteiger charge is -2.22. The van der Waals surface area contributed by atoms with Crippen LogP contribution in [-0.4, -0.2) is 24.0 Å². The van der Waals surface area contributed by atoms with Gasteiger partial charge in [-0.3, -0.25) is 4.79 Å². The minimum absolute atomic E-state index is 0.109. The Kier molecular flexibility index (Phi) is 3.75. The lowest BCUT2D eigenvalue weighted by molar-refractivity contribution is -0.117. The molecule has 0 radical (unpaired) electrons. The molecule has 1 aliphatic rings. The second-order valence-corrected chi connectivity index (χ2v) is 5.89. The highest BCUT2D eigenvalue weighted by molar-refractivity contribution is 7.16. The van der Waals surface area contributed by atoms with E-state index in [2.05, 4.69) is 15.6 Å². The molecule has 2 aromatic rings. The molecule has 1 unspecified atom stereocenters. The molecule has 4 nitrogen and oxygen atoms in total. The molecule has 100 valence electrons. The second kappa shape index (κ2) is 5.67. The van der Waals surface area contributed by atoms with E-state index in [0.29, 0.717) is 12.3 Å². The maximum atomic E-state index is 12.0. The molecular formula is C14H17N3OS. The predicted octanol–water partition coefficient (Wildman–Crippen LogP) is 2.62. The minimum atomic E-state index is 0.109. The first-order valence-corrected chi connectivity index (χ1v) is 7.53. The summed E-state index contributed by atoms with van der Waals surface area (Å²) in [5.41, 5.74) is 3.68. The number of amides is 1. The fourth-order valence-electron chi connectivity index (χ4n) is 2.51. The molecule has 0 bridgehead atoms. The number of fused-ring (bicyclic) bond motifs is 1. The molecule has 1 aliphatic heterocycles. The lowest BCUT2D eigenvalue weighted by Crippen LogP contribution is -2.32. The summed E-state index contributed by atoms with van der Waals surface area (Å²) in [5.74, 6) is 0.582. The number of carbonyl (C=O) groups is 1. The summed E-state index contributed by atoms with van der Waals surface area (Å²) in [4.78, 5) is 16.2. The van der Waals surface area contributed by atoms with Crippen LogP contribution in [0.15, 0.2) is 23.7 Å². The van der Waals surface area contributed by atoms with E-state index >= 15 is 0 Å². The van der Waals surface area contributed by atoms with Gasteiger partial charge in [-0.25, -0.2) is 4.98 Å². The van der Waals surface area contributed by atoms with Gasteiger partial charge in [0.05, 0.1) is 15.7 Å². The largest absolute Gasteiger partial charge is 0.326 e. The third-order valence-corrected chi connectivity index (χ3v) is 4.28. The number of rotatable bonds is 3. The Bertz CT molecular complexity index is 575. The third-order valence-electron chi connectivity index (χ3n) is 3.49. The first kappa shape index (κ1) is 12.6. The van der Waals surface area contributed by atoms with E-state index < -0.39 is 0 Å². The maximum Gasteiger partial charge on any atom is 0.224 e. The summed E-state index contributed by atoms with van der Waals surface area (Å²) in [7, 11) is 0. The fraction of sp³-hybridized carbons (Fsp3) is 0.429. The van der Waals surface area contributed by atoms with Gasteiger partial charge >= 0.3 is 0 Å². The van der Waals surface area contributed by atoms with Crippen LogP contribution in [0.2, 0.25) is 0 Å². The van der Waals surface area contributed by atoms with Crippen LogP contribution >= 0.6 is 11.3 Å². The monoisotopic (exact) mass is 275 g/mol. The van der Waals surface area contributed by atoms with E-state index in [-0.39, 0.29) is 5.91 Å². The molecule has 3 rings (SSSR count). The Hall–Kier alpha value is -1.46. The van der Waals surface area contributed by atoms with E-state index in [1.54, 1.807) is 11.3 Å². The van der Waals surface area contributed by atoms with Crippen molar-refractivity contribution >= 4 is 33.1 Å². The summed E-state index contributed by atoms with van der Waals surface area (Å²) in [6.07, 6.45) is 2.92. The number of aromatic nitrogens is 1. The number of nitrogens with zero attached hydrogens (tertiary/aromatic N) is 1. The summed E-state index contributed by atoms with van der Waals surface area (Å²) < 4.78 is 1.11. The number of thiazole rings is 1. The van der Waals surface area contributed by atoms with E-state index in [1.165, 1.54) is 6.42 Å². The number of anilines is 1. The van der Waals surface area contributed by atoms with Crippen molar-refractivity contribution in [2.24, 2.45) is 5.92 Å². The number of carbonyl (C=O) groups excluding carboxylic acids is 1. The Morgan fingerprint density at radius 2 is 2.47 bits per heavy atom. The van der Waals surface area contributed by atoms with Crippen LogP contribution in [0, 0.1) is 5.92 Å². The van der Waals surface area contributed by atoms with Crippen LogP contribution in [0.4, 0.5) is 5.69 Å². The molecule has 5 heteroatoms. The Balaban J connectivity index is 1.61. The molecule has 2 heterocycles. The molecule has 1 amide bonds. The number of nitrogens with one attached hydrogen (secondary N) is 2. The molecule has 2 N–H and O–H groups in total. The molecule has 1 fully saturated rings. The van der Waals surface area contributed by atoms with Gasteiger partial charge in [0.15, 0.2) is 0 Å². The Morgan fingerprint density at radius 1 is 1.53 bits per heavy atom. The van der Waals surface area contributed by atoms with Gasteiger partial charge in [0, 0.05) is 12.1 Å². The van der Waals surface area contributed by atoms with Crippen molar-refractivity contribution in [2.45, 2.75) is 19.3 Å². The Morgan fingerprint density at radius 3 is 3.32 bits per heavy atom. The first-order valence-electron chi connectivity index (χ1n) is 6.65. The molecule has 0 saturated carbocycles. The molecule has 1 saturated heterocycles. The molecule has 0 spiro atoms. The van der Waals surface area contributed by atoms with E-state index in [4.69, 9.17) is 0 Å². The van der Waals surface area contributed by atoms with Gasteiger partial charge in [-0.05, 0) is 50.0 Å². The van der Waals surface area contributed by atoms with E-state index in [0.717, 1.165) is 35.4 Å². The molecule has 1 atom stereocenters. The van der Waals surface area contributed by atoms with Crippen LogP contribution < -0.4 is 10.6 Å². The zero-order valence-corrected chi connectivity index (χ0v) is 11.5. The van der Waals surface area contributed by atoms with Gasteiger partial charge in [-0.15, -0.1) is 11.3 Å². The van der Waals surface area contributed by atoms with Crippen LogP contribution in [0.5, 0.6) is 0 Å². The SMILES string of the molecule is O=C(CC1CCCNC1)Nc1ccc2ncsc2c1. The maximum absolute atomic E-state index is 12.0. The number of hydrogen-bond donors (Lipinski definition) is 2. The van der Waals surface area contributed by atoms with E-state index in [1.807, 2.05) is 23.7 Å². The van der Waals surface area contributed by atoms with Crippen molar-refractivity contribution in [3.63, 3.8) is 0 Å². The third kappa shape index (κ3) is 3.11. The highest BCUT2D eigenvalue weighted by Crippen LogP contribution is 2.22. The van der Waals surface area contributed by atoms with Crippen LogP contribution in [0.25, 0.3) is 10.2 Å². The zero-order valence-electron chi connectivity index (χ0n) is 10.7. The highest BCUT2D eigenvalue weighted by atomic mass is 32.1. The summed E-state index contributed by atoms with van der Waals surface area (Å²) in [5, 5.41) is 6.32. The zero-order chi connectivity index (χ0) is 13.1. The van der Waals surface area contributed by atoms with Crippen molar-refractivity contribution in [3.05, 3.63) is 23.7 Å². The Labute approximate surface area is 116 Å². The van der Waals surface area contributed by atoms with Crippen molar-refractivity contribution < 1.29 is 4.79 Å². The van der Waals surface area contributed by atoms with Gasteiger partial charge in [-0.1, -0.05) is 0 Å². The van der Waals surface area contributed by atoms with Crippen molar-refractivity contribution in [1.82, 2.24) is 10.3 Å². The van der Waals surface area contributed by atoms with Gasteiger partial charge < -0.3 is 10.6 Å². The quantitative estimate of drug-likeness (QED) is 0.905. The van der Waals surface area contributed by atoms with Crippen molar-refractivity contribution in [3.8, 4) is 0 Å². The number of benzene rings is 1. The normalized spacial score (nSPS) is 19.5. The summed E-state index contributed by atoms with van der Waals surface area (Å²) in [6.45, 7) is 2.04. The van der Waals surface area contributed by atoms with Crippen LogP contribution in [0.3, 0.4) is 0 Å². The smallest absolute Gasteiger partial charge is 0.224 e. The van der Waals surface area contributed by atoms with E-state index in [9.17, 15) is 4.79 Å². The standard InChI is InChI=1S/C14H17N3OS/c18-14(6-10-2-1-5-15-8-10)17-11-3-4-12-13(7-11)19-9-16-12/h3-4,7,9-10,15H,1-2,5-6,8H2,(H,17,18). The van der Waals surface area contributed by atoms with Crippen LogP contribution in [-0.2, 0) is 4.79 Å². The number of hydrogen-bond acceptors (Lipinski definition) is 4. The van der Waals surface area contributed by atoms with Gasteiger partial charge in [0.2, 0.25) is 5.91 Å². The first-order chi connectivity index (χ1) is 9.31. The molecule has 1 aromatic carbocycles. The average Bonchev–Trinajstić information content (AvgIpc) is 2.87. The molecule has 0 aliphatic carbocycles. The topological polar surface area (TPSA) is 54.0 Å². The van der Waals surface area contributed by atoms with Crippen molar-refractivity contribution in [2.75, 3.05) is 18.4 Å². The fourth-order valence-corrected chi connectivity index (χ4v) is 3.22. The minimum Gasteiger partial charge on any atom is -0.326 e. The molecular weight excluding hydrogens is 258 g/mol. The van der Waals surface area contributed by atoms with Gasteiger partial charge in [-0.2, -0.15) is 0 Å². The van der Waals surface area contributed by atoms with Gasteiger partial charge in [0.25, 0.3) is 0 Å².